The van der Waals surface area contributed by atoms with Crippen molar-refractivity contribution in [1.82, 2.24) is 0 Å². The van der Waals surface area contributed by atoms with E-state index in [-0.39, 0.29) is 12.3 Å². The van der Waals surface area contributed by atoms with Crippen molar-refractivity contribution >= 4 is 17.6 Å². The summed E-state index contributed by atoms with van der Waals surface area (Å²) in [7, 11) is 0. The van der Waals surface area contributed by atoms with Crippen molar-refractivity contribution in [2.75, 3.05) is 5.32 Å². The van der Waals surface area contributed by atoms with E-state index in [4.69, 9.17) is 5.11 Å². The number of anilines is 1. The predicted molar refractivity (Wildman–Crippen MR) is 82.2 cm³/mol. The Hall–Kier alpha value is -1.84. The maximum absolute atomic E-state index is 11.9. The minimum atomic E-state index is -0.848. The molecule has 0 aliphatic heterocycles. The largest absolute Gasteiger partial charge is 0.481 e. The van der Waals surface area contributed by atoms with Crippen LogP contribution in [0, 0.1) is 5.92 Å². The summed E-state index contributed by atoms with van der Waals surface area (Å²) in [6, 6.07) is 7.00. The second kappa shape index (κ2) is 7.81. The average molecular weight is 289 g/mol. The van der Waals surface area contributed by atoms with Gasteiger partial charge in [0.05, 0.1) is 6.42 Å². The molecule has 2 rings (SSSR count). The van der Waals surface area contributed by atoms with Gasteiger partial charge in [0.2, 0.25) is 5.91 Å². The number of carbonyl (C=O) groups excluding carboxylic acids is 1. The fourth-order valence-electron chi connectivity index (χ4n) is 2.92. The molecule has 1 aliphatic rings. The second-order valence-corrected chi connectivity index (χ2v) is 5.86. The lowest BCUT2D eigenvalue weighted by Gasteiger charge is -2.21. The van der Waals surface area contributed by atoms with Crippen molar-refractivity contribution < 1.29 is 14.7 Å². The van der Waals surface area contributed by atoms with E-state index in [0.717, 1.165) is 17.7 Å². The molecule has 2 N–H and O–H groups in total. The van der Waals surface area contributed by atoms with Gasteiger partial charge in [0.15, 0.2) is 0 Å². The van der Waals surface area contributed by atoms with E-state index in [1.165, 1.54) is 32.1 Å². The Morgan fingerprint density at radius 1 is 1.10 bits per heavy atom. The van der Waals surface area contributed by atoms with Crippen LogP contribution in [0.3, 0.4) is 0 Å². The van der Waals surface area contributed by atoms with Crippen molar-refractivity contribution in [1.29, 1.82) is 0 Å². The molecular weight excluding hydrogens is 266 g/mol. The maximum atomic E-state index is 11.9. The van der Waals surface area contributed by atoms with Crippen LogP contribution in [0.5, 0.6) is 0 Å². The third-order valence-corrected chi connectivity index (χ3v) is 4.10. The molecule has 0 spiro atoms. The Morgan fingerprint density at radius 2 is 1.76 bits per heavy atom. The molecule has 0 heterocycles. The number of rotatable bonds is 6. The van der Waals surface area contributed by atoms with Crippen molar-refractivity contribution in [2.45, 2.75) is 51.4 Å². The highest BCUT2D eigenvalue weighted by molar-refractivity contribution is 5.90. The molecule has 1 saturated carbocycles. The van der Waals surface area contributed by atoms with Gasteiger partial charge in [-0.15, -0.1) is 0 Å². The fourth-order valence-corrected chi connectivity index (χ4v) is 2.92. The summed E-state index contributed by atoms with van der Waals surface area (Å²) >= 11 is 0. The Bertz CT molecular complexity index is 475. The van der Waals surface area contributed by atoms with Gasteiger partial charge in [-0.05, 0) is 30.0 Å². The van der Waals surface area contributed by atoms with Gasteiger partial charge in [0.1, 0.15) is 0 Å². The van der Waals surface area contributed by atoms with Crippen LogP contribution in [0.2, 0.25) is 0 Å². The molecule has 4 heteroatoms. The summed E-state index contributed by atoms with van der Waals surface area (Å²) in [5, 5.41) is 11.6. The van der Waals surface area contributed by atoms with Crippen molar-refractivity contribution in [2.24, 2.45) is 5.92 Å². The molecule has 0 aromatic heterocycles. The quantitative estimate of drug-likeness (QED) is 0.840. The van der Waals surface area contributed by atoms with Crippen molar-refractivity contribution in [3.05, 3.63) is 29.8 Å². The number of carboxylic acid groups (broad SMARTS) is 1. The molecule has 0 atom stereocenters. The van der Waals surface area contributed by atoms with Gasteiger partial charge < -0.3 is 10.4 Å². The third kappa shape index (κ3) is 5.58. The molecule has 1 aromatic rings. The average Bonchev–Trinajstić information content (AvgIpc) is 2.48. The van der Waals surface area contributed by atoms with Crippen LogP contribution in [0.25, 0.3) is 0 Å². The second-order valence-electron chi connectivity index (χ2n) is 5.86. The Labute approximate surface area is 125 Å². The number of nitrogens with one attached hydrogen (secondary N) is 1. The third-order valence-electron chi connectivity index (χ3n) is 4.10. The van der Waals surface area contributed by atoms with E-state index >= 15 is 0 Å². The van der Waals surface area contributed by atoms with Crippen LogP contribution in [0.15, 0.2) is 24.3 Å². The molecule has 114 valence electrons. The lowest BCUT2D eigenvalue weighted by molar-refractivity contribution is -0.136. The molecule has 21 heavy (non-hydrogen) atoms. The molecule has 1 fully saturated rings. The summed E-state index contributed by atoms with van der Waals surface area (Å²) in [6.07, 6.45) is 8.02. The van der Waals surface area contributed by atoms with Crippen LogP contribution >= 0.6 is 0 Å². The van der Waals surface area contributed by atoms with Crippen LogP contribution in [0.1, 0.15) is 50.5 Å². The number of hydrogen-bond donors (Lipinski definition) is 2. The SMILES string of the molecule is O=C(O)Cc1ccc(NC(=O)CCC2CCCCC2)cc1. The van der Waals surface area contributed by atoms with E-state index in [0.29, 0.717) is 12.3 Å². The summed E-state index contributed by atoms with van der Waals surface area (Å²) in [4.78, 5) is 22.5. The van der Waals surface area contributed by atoms with Crippen LogP contribution < -0.4 is 5.32 Å². The number of benzene rings is 1. The maximum Gasteiger partial charge on any atom is 0.307 e. The van der Waals surface area contributed by atoms with Crippen molar-refractivity contribution in [3.8, 4) is 0 Å². The van der Waals surface area contributed by atoms with E-state index in [9.17, 15) is 9.59 Å². The summed E-state index contributed by atoms with van der Waals surface area (Å²) in [5.74, 6) is -0.0896. The van der Waals surface area contributed by atoms with E-state index in [1.54, 1.807) is 24.3 Å². The molecule has 0 unspecified atom stereocenters. The molecule has 0 bridgehead atoms. The Balaban J connectivity index is 1.75. The highest BCUT2D eigenvalue weighted by Crippen LogP contribution is 2.27. The normalized spacial score (nSPS) is 15.6. The van der Waals surface area contributed by atoms with Crippen LogP contribution in [-0.2, 0) is 16.0 Å². The van der Waals surface area contributed by atoms with E-state index < -0.39 is 5.97 Å². The molecule has 0 saturated heterocycles. The molecule has 1 aromatic carbocycles. The number of hydrogen-bond acceptors (Lipinski definition) is 2. The molecule has 0 radical (unpaired) electrons. The first-order chi connectivity index (χ1) is 10.1. The zero-order valence-electron chi connectivity index (χ0n) is 12.3. The zero-order chi connectivity index (χ0) is 15.1. The minimum absolute atomic E-state index is 0.00983. The van der Waals surface area contributed by atoms with Gasteiger partial charge in [0.25, 0.3) is 0 Å². The summed E-state index contributed by atoms with van der Waals surface area (Å²) in [6.45, 7) is 0. The lowest BCUT2D eigenvalue weighted by atomic mass is 9.86. The molecule has 4 nitrogen and oxygen atoms in total. The predicted octanol–water partition coefficient (Wildman–Crippen LogP) is 3.61. The smallest absolute Gasteiger partial charge is 0.307 e. The zero-order valence-corrected chi connectivity index (χ0v) is 12.3. The number of carbonyl (C=O) groups is 2. The first kappa shape index (κ1) is 15.5. The van der Waals surface area contributed by atoms with Crippen LogP contribution in [0.4, 0.5) is 5.69 Å². The Kier molecular flexibility index (Phi) is 5.78. The highest BCUT2D eigenvalue weighted by Gasteiger charge is 2.14. The molecular formula is C17H23NO3. The molecule has 1 aliphatic carbocycles. The van der Waals surface area contributed by atoms with Gasteiger partial charge in [-0.2, -0.15) is 0 Å². The van der Waals surface area contributed by atoms with Gasteiger partial charge >= 0.3 is 5.97 Å². The fraction of sp³-hybridized carbons (Fsp3) is 0.529. The number of amides is 1. The van der Waals surface area contributed by atoms with Gasteiger partial charge in [-0.25, -0.2) is 0 Å². The lowest BCUT2D eigenvalue weighted by Crippen LogP contribution is -2.14. The summed E-state index contributed by atoms with van der Waals surface area (Å²) < 4.78 is 0. The number of carboxylic acids is 1. The van der Waals surface area contributed by atoms with Gasteiger partial charge in [-0.3, -0.25) is 9.59 Å². The molecule has 1 amide bonds. The first-order valence-corrected chi connectivity index (χ1v) is 7.74. The number of aliphatic carboxylic acids is 1. The van der Waals surface area contributed by atoms with E-state index in [2.05, 4.69) is 5.32 Å². The van der Waals surface area contributed by atoms with Crippen LogP contribution in [-0.4, -0.2) is 17.0 Å². The van der Waals surface area contributed by atoms with E-state index in [1.807, 2.05) is 0 Å². The minimum Gasteiger partial charge on any atom is -0.481 e. The first-order valence-electron chi connectivity index (χ1n) is 7.74. The Morgan fingerprint density at radius 3 is 2.38 bits per heavy atom. The topological polar surface area (TPSA) is 66.4 Å². The van der Waals surface area contributed by atoms with Gasteiger partial charge in [-0.1, -0.05) is 44.2 Å². The standard InChI is InChI=1S/C17H23NO3/c19-16(11-8-13-4-2-1-3-5-13)18-15-9-6-14(7-10-15)12-17(20)21/h6-7,9-10,13H,1-5,8,11-12H2,(H,18,19)(H,20,21). The monoisotopic (exact) mass is 289 g/mol. The summed E-state index contributed by atoms with van der Waals surface area (Å²) in [5.41, 5.74) is 1.47. The van der Waals surface area contributed by atoms with Gasteiger partial charge in [0, 0.05) is 12.1 Å². The highest BCUT2D eigenvalue weighted by atomic mass is 16.4. The van der Waals surface area contributed by atoms with Crippen molar-refractivity contribution in [3.63, 3.8) is 0 Å².